The molecule has 0 aliphatic rings. The smallest absolute Gasteiger partial charge is 0.215 e. The third-order valence-corrected chi connectivity index (χ3v) is 1.63. The number of nitrogens with two attached hydrogens (primary N) is 1. The Morgan fingerprint density at radius 2 is 1.89 bits per heavy atom. The Morgan fingerprint density at radius 3 is 1.89 bits per heavy atom. The lowest BCUT2D eigenvalue weighted by Crippen LogP contribution is -3.21. The van der Waals surface area contributed by atoms with E-state index in [1.165, 1.54) is 0 Å². The van der Waals surface area contributed by atoms with Gasteiger partial charge in [-0.3, -0.25) is 5.17 Å². The zero-order valence-electron chi connectivity index (χ0n) is 5.85. The predicted octanol–water partition coefficient (Wildman–Crippen LogP) is -1.25. The molecule has 0 spiro atoms. The third kappa shape index (κ3) is 1.91. The van der Waals surface area contributed by atoms with Gasteiger partial charge in [-0.05, 0) is 0 Å². The molecule has 0 radical (unpaired) electrons. The first kappa shape index (κ1) is 8.84. The van der Waals surface area contributed by atoms with Crippen LogP contribution >= 0.6 is 0 Å². The van der Waals surface area contributed by atoms with Gasteiger partial charge in [-0.25, -0.2) is 0 Å². The molecular formula is C5H14N2O2. The van der Waals surface area contributed by atoms with Crippen molar-refractivity contribution in [1.82, 2.24) is 0 Å². The van der Waals surface area contributed by atoms with Crippen LogP contribution in [-0.4, -0.2) is 10.8 Å². The molecule has 0 aromatic rings. The van der Waals surface area contributed by atoms with E-state index in [1.54, 1.807) is 13.8 Å². The Kier molecular flexibility index (Phi) is 3.07. The summed E-state index contributed by atoms with van der Waals surface area (Å²) in [6.45, 7) is 3.46. The summed E-state index contributed by atoms with van der Waals surface area (Å²) in [5.74, 6) is 4.90. The van der Waals surface area contributed by atoms with E-state index in [4.69, 9.17) is 5.84 Å². The maximum atomic E-state index is 10.5. The van der Waals surface area contributed by atoms with E-state index in [0.29, 0.717) is 12.8 Å². The Hall–Kier alpha value is -0.160. The van der Waals surface area contributed by atoms with Gasteiger partial charge in [0.25, 0.3) is 0 Å². The lowest BCUT2D eigenvalue weighted by molar-refractivity contribution is -0.946. The Bertz CT molecular complexity index is 81.0. The van der Waals surface area contributed by atoms with Gasteiger partial charge < -0.3 is 10.3 Å². The zero-order chi connectivity index (χ0) is 7.49. The molecule has 0 fully saturated rings. The van der Waals surface area contributed by atoms with Gasteiger partial charge in [-0.15, -0.1) is 0 Å². The number of quaternary nitrogens is 1. The molecule has 0 bridgehead atoms. The zero-order valence-corrected chi connectivity index (χ0v) is 5.85. The van der Waals surface area contributed by atoms with Crippen molar-refractivity contribution in [2.24, 2.45) is 5.84 Å². The van der Waals surface area contributed by atoms with Crippen molar-refractivity contribution in [2.45, 2.75) is 32.4 Å². The molecule has 4 N–H and O–H groups in total. The molecule has 0 aliphatic carbocycles. The summed E-state index contributed by atoms with van der Waals surface area (Å²) in [4.78, 5) is 0. The normalized spacial score (nSPS) is 15.7. The molecule has 4 heteroatoms. The maximum Gasteiger partial charge on any atom is 0.215 e. The van der Waals surface area contributed by atoms with Gasteiger partial charge >= 0.3 is 0 Å². The highest BCUT2D eigenvalue weighted by atomic mass is 16.6. The molecule has 0 aliphatic heterocycles. The van der Waals surface area contributed by atoms with Crippen LogP contribution in [0.1, 0.15) is 26.7 Å². The fraction of sp³-hybridized carbons (Fsp3) is 1.00. The summed E-state index contributed by atoms with van der Waals surface area (Å²) < 4.78 is 0. The Labute approximate surface area is 54.8 Å². The van der Waals surface area contributed by atoms with E-state index >= 15 is 0 Å². The van der Waals surface area contributed by atoms with E-state index in [-0.39, 0.29) is 0 Å². The van der Waals surface area contributed by atoms with Crippen LogP contribution in [0.25, 0.3) is 0 Å². The third-order valence-electron chi connectivity index (χ3n) is 1.63. The van der Waals surface area contributed by atoms with Gasteiger partial charge in [0.1, 0.15) is 0 Å². The van der Waals surface area contributed by atoms with Crippen LogP contribution in [0.3, 0.4) is 0 Å². The highest BCUT2D eigenvalue weighted by molar-refractivity contribution is 4.57. The van der Waals surface area contributed by atoms with E-state index in [2.05, 4.69) is 0 Å². The molecule has 0 aromatic carbocycles. The van der Waals surface area contributed by atoms with Gasteiger partial charge in [0.2, 0.25) is 5.72 Å². The molecule has 0 amide bonds. The number of aliphatic hydroxyl groups is 1. The summed E-state index contributed by atoms with van der Waals surface area (Å²) in [6, 6.07) is 0. The minimum atomic E-state index is -1.28. The van der Waals surface area contributed by atoms with Crippen LogP contribution in [0.4, 0.5) is 0 Å². The van der Waals surface area contributed by atoms with Gasteiger partial charge in [0.05, 0.1) is 0 Å². The summed E-state index contributed by atoms with van der Waals surface area (Å²) >= 11 is 0. The van der Waals surface area contributed by atoms with Crippen LogP contribution in [0.2, 0.25) is 0 Å². The first-order valence-corrected chi connectivity index (χ1v) is 3.09. The molecule has 9 heavy (non-hydrogen) atoms. The molecular weight excluding hydrogens is 120 g/mol. The highest BCUT2D eigenvalue weighted by Crippen LogP contribution is 2.03. The fourth-order valence-electron chi connectivity index (χ4n) is 0.598. The minimum absolute atomic E-state index is 0.388. The number of hydrogen-bond acceptors (Lipinski definition) is 3. The predicted molar refractivity (Wildman–Crippen MR) is 34.0 cm³/mol. The van der Waals surface area contributed by atoms with E-state index < -0.39 is 10.9 Å². The average molecular weight is 134 g/mol. The summed E-state index contributed by atoms with van der Waals surface area (Å²) in [5, 5.41) is 19.1. The monoisotopic (exact) mass is 134 g/mol. The molecule has 4 nitrogen and oxygen atoms in total. The van der Waals surface area contributed by atoms with Crippen LogP contribution in [-0.2, 0) is 0 Å². The number of nitrogens with one attached hydrogen (secondary N) is 1. The lowest BCUT2D eigenvalue weighted by atomic mass is 10.1. The summed E-state index contributed by atoms with van der Waals surface area (Å²) in [6.07, 6.45) is 0.775. The van der Waals surface area contributed by atoms with E-state index in [0.717, 1.165) is 0 Å². The van der Waals surface area contributed by atoms with Crippen molar-refractivity contribution >= 4 is 0 Å². The Balaban J connectivity index is 3.92. The standard InChI is InChI=1S/C5H14N2O2/c1-3-5(8,4-2)7(6)9/h7-8H,3-4,6H2,1-2H3. The van der Waals surface area contributed by atoms with Crippen LogP contribution < -0.4 is 11.0 Å². The second-order valence-electron chi connectivity index (χ2n) is 2.10. The van der Waals surface area contributed by atoms with Crippen molar-refractivity contribution in [3.8, 4) is 0 Å². The average Bonchev–Trinajstić information content (AvgIpc) is 1.86. The topological polar surface area (TPSA) is 73.8 Å². The quantitative estimate of drug-likeness (QED) is 0.256. The molecule has 1 atom stereocenters. The molecule has 0 heterocycles. The fourth-order valence-corrected chi connectivity index (χ4v) is 0.598. The van der Waals surface area contributed by atoms with Gasteiger partial charge in [0, 0.05) is 12.8 Å². The Morgan fingerprint density at radius 1 is 1.56 bits per heavy atom. The molecule has 0 saturated heterocycles. The summed E-state index contributed by atoms with van der Waals surface area (Å²) in [7, 11) is 0. The molecule has 0 aromatic heterocycles. The van der Waals surface area contributed by atoms with Gasteiger partial charge in [0.15, 0.2) is 0 Å². The van der Waals surface area contributed by atoms with E-state index in [9.17, 15) is 10.3 Å². The lowest BCUT2D eigenvalue weighted by Gasteiger charge is -2.32. The molecule has 0 saturated carbocycles. The van der Waals surface area contributed by atoms with Gasteiger partial charge in [-0.2, -0.15) is 5.84 Å². The van der Waals surface area contributed by atoms with E-state index in [1.807, 2.05) is 0 Å². The van der Waals surface area contributed by atoms with Crippen LogP contribution in [0.15, 0.2) is 0 Å². The first-order valence-electron chi connectivity index (χ1n) is 3.09. The van der Waals surface area contributed by atoms with Crippen molar-refractivity contribution < 1.29 is 10.3 Å². The van der Waals surface area contributed by atoms with Crippen molar-refractivity contribution in [3.05, 3.63) is 5.21 Å². The number of hydroxylamine groups is 1. The van der Waals surface area contributed by atoms with Gasteiger partial charge in [-0.1, -0.05) is 13.8 Å². The molecule has 56 valence electrons. The van der Waals surface area contributed by atoms with Crippen molar-refractivity contribution in [2.75, 3.05) is 0 Å². The number of rotatable bonds is 3. The maximum absolute atomic E-state index is 10.5. The second-order valence-corrected chi connectivity index (χ2v) is 2.10. The highest BCUT2D eigenvalue weighted by Gasteiger charge is 2.27. The van der Waals surface area contributed by atoms with Crippen molar-refractivity contribution in [1.29, 1.82) is 0 Å². The molecule has 0 rings (SSSR count). The first-order chi connectivity index (χ1) is 4.06. The second kappa shape index (κ2) is 3.12. The minimum Gasteiger partial charge on any atom is -0.611 e. The van der Waals surface area contributed by atoms with Crippen LogP contribution in [0, 0.1) is 5.21 Å². The number of hydrogen-bond donors (Lipinski definition) is 3. The SMILES string of the molecule is CCC(O)(CC)[NH+](N)[O-]. The van der Waals surface area contributed by atoms with Crippen LogP contribution in [0.5, 0.6) is 0 Å². The largest absolute Gasteiger partial charge is 0.611 e. The molecule has 1 unspecified atom stereocenters. The summed E-state index contributed by atoms with van der Waals surface area (Å²) in [5.41, 5.74) is -1.28. The van der Waals surface area contributed by atoms with Crippen molar-refractivity contribution in [3.63, 3.8) is 0 Å².